The molecule has 0 aromatic heterocycles. The summed E-state index contributed by atoms with van der Waals surface area (Å²) in [5.74, 6) is -1.77. The minimum absolute atomic E-state index is 0.0385. The van der Waals surface area contributed by atoms with Crippen LogP contribution in [0.3, 0.4) is 0 Å². The molecule has 0 aliphatic carbocycles. The van der Waals surface area contributed by atoms with Gasteiger partial charge in [0, 0.05) is 0 Å². The average molecular weight is 271 g/mol. The van der Waals surface area contributed by atoms with Crippen LogP contribution in [0, 0.1) is 17.1 Å². The number of nitrogens with one attached hydrogen (secondary N) is 1. The predicted octanol–water partition coefficient (Wildman–Crippen LogP) is 2.72. The molecule has 0 amide bonds. The van der Waals surface area contributed by atoms with Crippen LogP contribution in [-0.2, 0) is 0 Å². The lowest BCUT2D eigenvalue weighted by atomic mass is 10.1. The molecule has 5 nitrogen and oxygen atoms in total. The van der Waals surface area contributed by atoms with E-state index in [1.807, 2.05) is 0 Å². The predicted molar refractivity (Wildman–Crippen MR) is 72.2 cm³/mol. The lowest BCUT2D eigenvalue weighted by molar-refractivity contribution is 0.0697. The van der Waals surface area contributed by atoms with Crippen molar-refractivity contribution in [1.82, 2.24) is 0 Å². The van der Waals surface area contributed by atoms with Gasteiger partial charge in [0.25, 0.3) is 0 Å². The van der Waals surface area contributed by atoms with Crippen LogP contribution in [0.15, 0.2) is 36.4 Å². The molecular formula is C14H10FN3O2. The van der Waals surface area contributed by atoms with Gasteiger partial charge >= 0.3 is 5.97 Å². The highest BCUT2D eigenvalue weighted by Gasteiger charge is 2.11. The Labute approximate surface area is 114 Å². The Balaban J connectivity index is 2.45. The Morgan fingerprint density at radius 1 is 1.30 bits per heavy atom. The molecule has 0 fully saturated rings. The van der Waals surface area contributed by atoms with Crippen molar-refractivity contribution in [3.05, 3.63) is 53.3 Å². The van der Waals surface area contributed by atoms with E-state index in [1.54, 1.807) is 6.07 Å². The van der Waals surface area contributed by atoms with Gasteiger partial charge in [-0.2, -0.15) is 5.26 Å². The van der Waals surface area contributed by atoms with Crippen LogP contribution in [0.1, 0.15) is 15.9 Å². The van der Waals surface area contributed by atoms with E-state index in [2.05, 4.69) is 5.32 Å². The number of nitriles is 1. The van der Waals surface area contributed by atoms with Crippen molar-refractivity contribution in [2.24, 2.45) is 0 Å². The van der Waals surface area contributed by atoms with Crippen LogP contribution in [0.2, 0.25) is 0 Å². The first kappa shape index (κ1) is 13.4. The third-order valence-corrected chi connectivity index (χ3v) is 2.69. The molecule has 0 spiro atoms. The first-order valence-electron chi connectivity index (χ1n) is 5.61. The van der Waals surface area contributed by atoms with Gasteiger partial charge in [-0.1, -0.05) is 6.07 Å². The summed E-state index contributed by atoms with van der Waals surface area (Å²) in [5.41, 5.74) is 6.43. The fourth-order valence-corrected chi connectivity index (χ4v) is 1.68. The van der Waals surface area contributed by atoms with Crippen molar-refractivity contribution < 1.29 is 14.3 Å². The van der Waals surface area contributed by atoms with Gasteiger partial charge < -0.3 is 16.2 Å². The second-order valence-electron chi connectivity index (χ2n) is 4.01. The molecule has 100 valence electrons. The molecule has 0 saturated heterocycles. The largest absolute Gasteiger partial charge is 0.478 e. The fourth-order valence-electron chi connectivity index (χ4n) is 1.68. The quantitative estimate of drug-likeness (QED) is 0.745. The van der Waals surface area contributed by atoms with Gasteiger partial charge in [0.1, 0.15) is 17.4 Å². The van der Waals surface area contributed by atoms with Crippen molar-refractivity contribution in [2.45, 2.75) is 0 Å². The lowest BCUT2D eigenvalue weighted by Gasteiger charge is -2.11. The maximum absolute atomic E-state index is 13.5. The van der Waals surface area contributed by atoms with Gasteiger partial charge in [0.15, 0.2) is 0 Å². The van der Waals surface area contributed by atoms with E-state index in [4.69, 9.17) is 16.1 Å². The van der Waals surface area contributed by atoms with Crippen molar-refractivity contribution >= 4 is 23.0 Å². The van der Waals surface area contributed by atoms with E-state index in [0.29, 0.717) is 11.4 Å². The zero-order valence-electron chi connectivity index (χ0n) is 10.2. The standard InChI is InChI=1S/C14H10FN3O2/c15-10-2-1-3-12(9(10)7-16)18-13-6-8(14(19)20)4-5-11(13)17/h1-6,18H,17H2,(H,19,20). The number of rotatable bonds is 3. The van der Waals surface area contributed by atoms with E-state index in [0.717, 1.165) is 0 Å². The van der Waals surface area contributed by atoms with Gasteiger partial charge in [0.2, 0.25) is 0 Å². The first-order chi connectivity index (χ1) is 9.52. The minimum atomic E-state index is -1.10. The Hall–Kier alpha value is -3.07. The molecule has 2 aromatic carbocycles. The number of nitrogens with two attached hydrogens (primary N) is 1. The Morgan fingerprint density at radius 2 is 2.05 bits per heavy atom. The van der Waals surface area contributed by atoms with E-state index in [1.165, 1.54) is 36.4 Å². The highest BCUT2D eigenvalue weighted by atomic mass is 19.1. The second-order valence-corrected chi connectivity index (χ2v) is 4.01. The van der Waals surface area contributed by atoms with Gasteiger partial charge in [-0.3, -0.25) is 0 Å². The Kier molecular flexibility index (Phi) is 3.53. The highest BCUT2D eigenvalue weighted by molar-refractivity contribution is 5.91. The minimum Gasteiger partial charge on any atom is -0.478 e. The summed E-state index contributed by atoms with van der Waals surface area (Å²) in [6.45, 7) is 0. The lowest BCUT2D eigenvalue weighted by Crippen LogP contribution is -2.03. The van der Waals surface area contributed by atoms with Crippen molar-refractivity contribution in [3.8, 4) is 6.07 Å². The van der Waals surface area contributed by atoms with Gasteiger partial charge in [0.05, 0.1) is 22.6 Å². The number of aromatic carboxylic acids is 1. The van der Waals surface area contributed by atoms with Gasteiger partial charge in [-0.25, -0.2) is 9.18 Å². The number of hydrogen-bond donors (Lipinski definition) is 3. The maximum atomic E-state index is 13.5. The number of carbonyl (C=O) groups is 1. The van der Waals surface area contributed by atoms with Crippen molar-refractivity contribution in [3.63, 3.8) is 0 Å². The number of benzene rings is 2. The van der Waals surface area contributed by atoms with E-state index in [-0.39, 0.29) is 16.8 Å². The van der Waals surface area contributed by atoms with Crippen LogP contribution in [0.5, 0.6) is 0 Å². The second kappa shape index (κ2) is 5.28. The van der Waals surface area contributed by atoms with Crippen molar-refractivity contribution in [1.29, 1.82) is 5.26 Å². The molecular weight excluding hydrogens is 261 g/mol. The zero-order chi connectivity index (χ0) is 14.7. The molecule has 0 radical (unpaired) electrons. The topological polar surface area (TPSA) is 99.1 Å². The molecule has 0 saturated carbocycles. The molecule has 4 N–H and O–H groups in total. The van der Waals surface area contributed by atoms with Crippen LogP contribution in [-0.4, -0.2) is 11.1 Å². The monoisotopic (exact) mass is 271 g/mol. The molecule has 2 rings (SSSR count). The van der Waals surface area contributed by atoms with Crippen LogP contribution >= 0.6 is 0 Å². The molecule has 20 heavy (non-hydrogen) atoms. The smallest absolute Gasteiger partial charge is 0.335 e. The van der Waals surface area contributed by atoms with E-state index >= 15 is 0 Å². The van der Waals surface area contributed by atoms with Gasteiger partial charge in [-0.05, 0) is 30.3 Å². The summed E-state index contributed by atoms with van der Waals surface area (Å²) in [7, 11) is 0. The fraction of sp³-hybridized carbons (Fsp3) is 0. The van der Waals surface area contributed by atoms with Crippen molar-refractivity contribution in [2.75, 3.05) is 11.1 Å². The molecule has 0 heterocycles. The summed E-state index contributed by atoms with van der Waals surface area (Å²) in [4.78, 5) is 10.9. The molecule has 0 aliphatic rings. The first-order valence-corrected chi connectivity index (χ1v) is 5.61. The SMILES string of the molecule is N#Cc1c(F)cccc1Nc1cc(C(=O)O)ccc1N. The third kappa shape index (κ3) is 2.52. The number of nitrogen functional groups attached to an aromatic ring is 1. The number of anilines is 3. The summed E-state index contributed by atoms with van der Waals surface area (Å²) >= 11 is 0. The summed E-state index contributed by atoms with van der Waals surface area (Å²) in [5, 5.41) is 20.6. The molecule has 0 aliphatic heterocycles. The number of carboxylic acid groups (broad SMARTS) is 1. The molecule has 6 heteroatoms. The zero-order valence-corrected chi connectivity index (χ0v) is 10.2. The Bertz CT molecular complexity index is 723. The molecule has 0 atom stereocenters. The van der Waals surface area contributed by atoms with Crippen LogP contribution in [0.4, 0.5) is 21.5 Å². The normalized spacial score (nSPS) is 9.80. The number of halogens is 1. The highest BCUT2D eigenvalue weighted by Crippen LogP contribution is 2.27. The summed E-state index contributed by atoms with van der Waals surface area (Å²) in [6.07, 6.45) is 0. The number of nitrogens with zero attached hydrogens (tertiary/aromatic N) is 1. The number of hydrogen-bond acceptors (Lipinski definition) is 4. The summed E-state index contributed by atoms with van der Waals surface area (Å²) in [6, 6.07) is 9.97. The number of carboxylic acids is 1. The van der Waals surface area contributed by atoms with E-state index < -0.39 is 11.8 Å². The summed E-state index contributed by atoms with van der Waals surface area (Å²) < 4.78 is 13.5. The molecule has 0 unspecified atom stereocenters. The molecule has 2 aromatic rings. The molecule has 0 bridgehead atoms. The average Bonchev–Trinajstić information content (AvgIpc) is 2.41. The van der Waals surface area contributed by atoms with Gasteiger partial charge in [-0.15, -0.1) is 0 Å². The van der Waals surface area contributed by atoms with Crippen LogP contribution in [0.25, 0.3) is 0 Å². The Morgan fingerprint density at radius 3 is 2.70 bits per heavy atom. The van der Waals surface area contributed by atoms with Crippen LogP contribution < -0.4 is 11.1 Å². The maximum Gasteiger partial charge on any atom is 0.335 e. The van der Waals surface area contributed by atoms with E-state index in [9.17, 15) is 9.18 Å². The third-order valence-electron chi connectivity index (χ3n) is 2.69.